The average molecular weight is 964 g/mol. The lowest BCUT2D eigenvalue weighted by Crippen LogP contribution is -2.64. The number of allylic oxidation sites excluding steroid dienone is 4. The Labute approximate surface area is 404 Å². The zero-order chi connectivity index (χ0) is 48.5. The van der Waals surface area contributed by atoms with E-state index in [2.05, 4.69) is 49.6 Å². The maximum Gasteiger partial charge on any atom is 0.326 e. The number of rotatable bonds is 17. The molecule has 360 valence electrons. The SMILES string of the molecule is C[C@@H]1CC2C3CCC4=CC(=O)C=C[C@]4(C)C3[C@@H](O)C[C@]2(C)[C@@]1(O)C(=O)NCCSCc1cccc(CSCC[C@H](NC(=O)c2ccc(N(C)Cc3cnc4nc(N)nc(N)c4n3)cc2)C(=O)O)c1. The Morgan fingerprint density at radius 3 is 2.46 bits per heavy atom. The molecule has 0 aliphatic heterocycles. The molecule has 16 nitrogen and oxygen atoms in total. The molecular weight excluding hydrogens is 903 g/mol. The minimum Gasteiger partial charge on any atom is -0.480 e. The number of carbonyl (C=O) groups is 4. The van der Waals surface area contributed by atoms with Gasteiger partial charge in [0.05, 0.1) is 24.5 Å². The lowest BCUT2D eigenvalue weighted by molar-refractivity contribution is -0.183. The number of aliphatic hydroxyl groups excluding tert-OH is 1. The summed E-state index contributed by atoms with van der Waals surface area (Å²) in [5.41, 5.74) is 14.5. The zero-order valence-corrected chi connectivity index (χ0v) is 40.5. The number of nitrogens with zero attached hydrogens (tertiary/aromatic N) is 5. The Balaban J connectivity index is 0.761. The minimum absolute atomic E-state index is 0.00643. The van der Waals surface area contributed by atoms with Crippen LogP contribution in [0, 0.1) is 34.5 Å². The third kappa shape index (κ3) is 9.56. The summed E-state index contributed by atoms with van der Waals surface area (Å²) in [6.45, 7) is 6.86. The van der Waals surface area contributed by atoms with Crippen LogP contribution in [0.3, 0.4) is 0 Å². The van der Waals surface area contributed by atoms with E-state index in [1.165, 1.54) is 0 Å². The monoisotopic (exact) mass is 963 g/mol. The van der Waals surface area contributed by atoms with E-state index in [1.807, 2.05) is 44.0 Å². The number of hydrogen-bond donors (Lipinski definition) is 7. The van der Waals surface area contributed by atoms with Gasteiger partial charge in [0, 0.05) is 58.8 Å². The first-order valence-electron chi connectivity index (χ1n) is 23.2. The number of thioether (sulfide) groups is 2. The van der Waals surface area contributed by atoms with Crippen molar-refractivity contribution >= 4 is 75.7 Å². The largest absolute Gasteiger partial charge is 0.480 e. The van der Waals surface area contributed by atoms with Gasteiger partial charge in [-0.2, -0.15) is 33.5 Å². The maximum atomic E-state index is 14.0. The predicted octanol–water partition coefficient (Wildman–Crippen LogP) is 5.33. The highest BCUT2D eigenvalue weighted by Gasteiger charge is 2.70. The number of aromatic nitrogens is 4. The number of carboxylic acid groups (broad SMARTS) is 1. The van der Waals surface area contributed by atoms with Crippen molar-refractivity contribution in [2.45, 2.75) is 88.7 Å². The molecule has 3 unspecified atom stereocenters. The highest BCUT2D eigenvalue weighted by atomic mass is 32.2. The Bertz CT molecular complexity index is 2650. The van der Waals surface area contributed by atoms with Crippen molar-refractivity contribution in [3.8, 4) is 0 Å². The third-order valence-corrected chi connectivity index (χ3v) is 17.2. The lowest BCUT2D eigenvalue weighted by atomic mass is 9.46. The van der Waals surface area contributed by atoms with Crippen LogP contribution in [0.1, 0.15) is 80.1 Å². The van der Waals surface area contributed by atoms with Gasteiger partial charge in [0.15, 0.2) is 28.4 Å². The van der Waals surface area contributed by atoms with Crippen molar-refractivity contribution < 1.29 is 34.5 Å². The summed E-state index contributed by atoms with van der Waals surface area (Å²) in [6.07, 6.45) is 9.08. The van der Waals surface area contributed by atoms with Gasteiger partial charge in [-0.1, -0.05) is 56.7 Å². The number of amides is 2. The zero-order valence-electron chi connectivity index (χ0n) is 38.9. The summed E-state index contributed by atoms with van der Waals surface area (Å²) >= 11 is 3.28. The van der Waals surface area contributed by atoms with Gasteiger partial charge in [-0.15, -0.1) is 0 Å². The number of nitrogens with one attached hydrogen (secondary N) is 2. The molecule has 9 atom stereocenters. The molecule has 0 saturated heterocycles. The number of carbonyl (C=O) groups excluding carboxylic acids is 3. The van der Waals surface area contributed by atoms with Crippen LogP contribution < -0.4 is 27.0 Å². The molecule has 0 bridgehead atoms. The minimum atomic E-state index is -1.61. The van der Waals surface area contributed by atoms with Crippen LogP contribution >= 0.6 is 23.5 Å². The predicted molar refractivity (Wildman–Crippen MR) is 265 cm³/mol. The van der Waals surface area contributed by atoms with Gasteiger partial charge in [0.25, 0.3) is 11.8 Å². The van der Waals surface area contributed by atoms with Crippen molar-refractivity contribution in [3.05, 3.63) is 101 Å². The van der Waals surface area contributed by atoms with E-state index in [9.17, 15) is 34.5 Å². The normalized spacial score (nSPS) is 27.6. The number of aliphatic carboxylic acids is 1. The summed E-state index contributed by atoms with van der Waals surface area (Å²) in [4.78, 5) is 70.2. The molecule has 3 fully saturated rings. The summed E-state index contributed by atoms with van der Waals surface area (Å²) in [5.74, 6) is 0.624. The van der Waals surface area contributed by atoms with Gasteiger partial charge >= 0.3 is 5.97 Å². The first-order valence-corrected chi connectivity index (χ1v) is 25.5. The number of carboxylic acids is 1. The molecule has 2 heterocycles. The first-order chi connectivity index (χ1) is 32.4. The molecule has 68 heavy (non-hydrogen) atoms. The van der Waals surface area contributed by atoms with Gasteiger partial charge in [-0.05, 0) is 103 Å². The van der Waals surface area contributed by atoms with Crippen LogP contribution in [-0.2, 0) is 32.4 Å². The number of hydrogen-bond acceptors (Lipinski definition) is 15. The van der Waals surface area contributed by atoms with E-state index in [-0.39, 0.29) is 53.5 Å². The van der Waals surface area contributed by atoms with Gasteiger partial charge in [-0.25, -0.2) is 14.8 Å². The molecule has 8 rings (SSSR count). The van der Waals surface area contributed by atoms with Crippen molar-refractivity contribution in [2.24, 2.45) is 34.5 Å². The molecule has 3 saturated carbocycles. The molecule has 4 aromatic rings. The number of aliphatic hydroxyl groups is 2. The van der Waals surface area contributed by atoms with Crippen molar-refractivity contribution in [1.82, 2.24) is 30.6 Å². The average Bonchev–Trinajstić information content (AvgIpc) is 3.51. The fraction of sp³-hybridized carbons (Fsp3) is 0.480. The van der Waals surface area contributed by atoms with Crippen LogP contribution in [0.5, 0.6) is 0 Å². The number of anilines is 3. The molecule has 18 heteroatoms. The number of fused-ring (bicyclic) bond motifs is 6. The Hall–Kier alpha value is -5.56. The molecule has 9 N–H and O–H groups in total. The highest BCUT2D eigenvalue weighted by molar-refractivity contribution is 7.98. The van der Waals surface area contributed by atoms with Crippen LogP contribution in [0.15, 0.2) is 78.5 Å². The topological polar surface area (TPSA) is 260 Å². The molecule has 2 aromatic carbocycles. The smallest absolute Gasteiger partial charge is 0.326 e. The molecule has 2 amide bonds. The van der Waals surface area contributed by atoms with Crippen molar-refractivity contribution in [3.63, 3.8) is 0 Å². The molecule has 0 radical (unpaired) electrons. The molecule has 4 aliphatic carbocycles. The highest BCUT2D eigenvalue weighted by Crippen LogP contribution is 2.68. The lowest BCUT2D eigenvalue weighted by Gasteiger charge is -2.59. The molecule has 2 aromatic heterocycles. The third-order valence-electron chi connectivity index (χ3n) is 15.1. The van der Waals surface area contributed by atoms with E-state index < -0.39 is 40.5 Å². The van der Waals surface area contributed by atoms with Gasteiger partial charge < -0.3 is 42.3 Å². The van der Waals surface area contributed by atoms with Crippen LogP contribution in [0.4, 0.5) is 17.5 Å². The van der Waals surface area contributed by atoms with Gasteiger partial charge in [0.1, 0.15) is 6.04 Å². The molecular formula is C50H61N9O7S2. The van der Waals surface area contributed by atoms with E-state index in [1.54, 1.807) is 66.1 Å². The fourth-order valence-electron chi connectivity index (χ4n) is 11.7. The van der Waals surface area contributed by atoms with Crippen molar-refractivity contribution in [1.29, 1.82) is 0 Å². The van der Waals surface area contributed by atoms with Crippen LogP contribution in [0.25, 0.3) is 11.2 Å². The van der Waals surface area contributed by atoms with Crippen LogP contribution in [-0.4, -0.2) is 102 Å². The van der Waals surface area contributed by atoms with Gasteiger partial charge in [0.2, 0.25) is 5.95 Å². The summed E-state index contributed by atoms with van der Waals surface area (Å²) < 4.78 is 0. The fourth-order valence-corrected chi connectivity index (χ4v) is 13.4. The van der Waals surface area contributed by atoms with E-state index in [4.69, 9.17) is 11.5 Å². The summed E-state index contributed by atoms with van der Waals surface area (Å²) in [7, 11) is 1.86. The number of nitrogens with two attached hydrogens (primary N) is 2. The van der Waals surface area contributed by atoms with Gasteiger partial charge in [-0.3, -0.25) is 14.4 Å². The summed E-state index contributed by atoms with van der Waals surface area (Å²) in [6, 6.07) is 14.0. The Kier molecular flexibility index (Phi) is 14.2. The first kappa shape index (κ1) is 48.9. The number of nitrogen functional groups attached to an aromatic ring is 2. The second-order valence-corrected chi connectivity index (χ2v) is 21.6. The quantitative estimate of drug-likeness (QED) is 0.0660. The second kappa shape index (κ2) is 19.8. The van der Waals surface area contributed by atoms with E-state index >= 15 is 0 Å². The molecule has 4 aliphatic rings. The summed E-state index contributed by atoms with van der Waals surface area (Å²) in [5, 5.41) is 39.8. The van der Waals surface area contributed by atoms with E-state index in [0.717, 1.165) is 41.0 Å². The Morgan fingerprint density at radius 1 is 1.01 bits per heavy atom. The molecule has 0 spiro atoms. The number of benzene rings is 2. The van der Waals surface area contributed by atoms with Crippen molar-refractivity contribution in [2.75, 3.05) is 41.5 Å². The van der Waals surface area contributed by atoms with Crippen LogP contribution in [0.2, 0.25) is 0 Å². The Morgan fingerprint density at radius 2 is 1.74 bits per heavy atom. The number of ketones is 1. The second-order valence-electron chi connectivity index (χ2n) is 19.4. The maximum absolute atomic E-state index is 14.0. The van der Waals surface area contributed by atoms with E-state index in [0.29, 0.717) is 65.6 Å². The standard InChI is InChI=1S/C50H61N9O7S2/c1-28-20-37-36-13-10-32-22-35(60)14-16-48(32,2)40(36)39(61)23-49(37,3)50(28,66)46(65)53-17-19-68-27-30-7-5-6-29(21-30)26-67-18-15-38(45(63)64)56-44(62)31-8-11-34(12-9-31)59(4)25-33-24-54-43-41(55-33)42(51)57-47(52)58-43/h5-9,11-12,14,16,21-22,24,28,36-40,61,66H,10,13,15,17-20,23,25-27H2,1-4H3,(H,53,65)(H,56,62)(H,63,64)(H4,51,52,54,57,58)/t28-,36?,37?,38+,39+,40?,48+,49+,50+/m1/s1.